The van der Waals surface area contributed by atoms with E-state index in [-0.39, 0.29) is 5.78 Å². The van der Waals surface area contributed by atoms with Crippen molar-refractivity contribution >= 4 is 17.5 Å². The number of allylic oxidation sites excluding steroid dienone is 1. The van der Waals surface area contributed by atoms with Crippen LogP contribution in [0.15, 0.2) is 60.4 Å². The fourth-order valence-corrected chi connectivity index (χ4v) is 4.52. The Morgan fingerprint density at radius 3 is 2.51 bits per heavy atom. The molecule has 0 saturated heterocycles. The number of Topliss-reactive ketones (excluding diaryl/α,β-unsaturated/α-hetero) is 1. The summed E-state index contributed by atoms with van der Waals surface area (Å²) in [5, 5.41) is 0. The molecule has 3 aromatic rings. The Balaban J connectivity index is 1.35. The van der Waals surface area contributed by atoms with Gasteiger partial charge in [0.15, 0.2) is 5.76 Å². The number of ether oxygens (including phenoxy) is 3. The first-order chi connectivity index (χ1) is 16.9. The first kappa shape index (κ1) is 23.0. The molecule has 0 bridgehead atoms. The molecular formula is C29H30N2O4. The van der Waals surface area contributed by atoms with Crippen LogP contribution in [0.4, 0.5) is 5.69 Å². The smallest absolute Gasteiger partial charge is 0.232 e. The second kappa shape index (κ2) is 9.47. The number of benzene rings is 3. The summed E-state index contributed by atoms with van der Waals surface area (Å²) >= 11 is 0. The molecule has 0 spiro atoms. The molecule has 0 aliphatic carbocycles. The molecule has 35 heavy (non-hydrogen) atoms. The molecular weight excluding hydrogens is 440 g/mol. The quantitative estimate of drug-likeness (QED) is 0.469. The van der Waals surface area contributed by atoms with Gasteiger partial charge in [-0.25, -0.2) is 0 Å². The van der Waals surface area contributed by atoms with E-state index >= 15 is 0 Å². The first-order valence-electron chi connectivity index (χ1n) is 11.8. The lowest BCUT2D eigenvalue weighted by atomic mass is 9.98. The van der Waals surface area contributed by atoms with Crippen LogP contribution in [0, 0.1) is 6.92 Å². The first-order valence-corrected chi connectivity index (χ1v) is 11.8. The average molecular weight is 471 g/mol. The molecule has 5 rings (SSSR count). The highest BCUT2D eigenvalue weighted by molar-refractivity contribution is 6.15. The average Bonchev–Trinajstić information content (AvgIpc) is 3.20. The minimum atomic E-state index is -0.0765. The molecule has 2 aliphatic heterocycles. The maximum atomic E-state index is 13.3. The summed E-state index contributed by atoms with van der Waals surface area (Å²) in [6.07, 6.45) is 2.71. The van der Waals surface area contributed by atoms with Crippen molar-refractivity contribution in [2.45, 2.75) is 19.9 Å². The Hall–Kier alpha value is -3.77. The number of rotatable bonds is 6. The van der Waals surface area contributed by atoms with E-state index in [1.807, 2.05) is 74.5 Å². The van der Waals surface area contributed by atoms with Gasteiger partial charge < -0.3 is 19.1 Å². The van der Waals surface area contributed by atoms with Gasteiger partial charge in [0.2, 0.25) is 5.78 Å². The van der Waals surface area contributed by atoms with Crippen LogP contribution < -0.4 is 19.1 Å². The molecule has 0 amide bonds. The van der Waals surface area contributed by atoms with Gasteiger partial charge in [0.1, 0.15) is 24.0 Å². The lowest BCUT2D eigenvalue weighted by Gasteiger charge is -2.30. The van der Waals surface area contributed by atoms with E-state index < -0.39 is 0 Å². The zero-order valence-electron chi connectivity index (χ0n) is 20.6. The molecule has 0 N–H and O–H groups in total. The molecule has 6 heteroatoms. The molecule has 0 atom stereocenters. The van der Waals surface area contributed by atoms with Crippen molar-refractivity contribution in [2.75, 3.05) is 39.4 Å². The minimum Gasteiger partial charge on any atom is -0.497 e. The predicted molar refractivity (Wildman–Crippen MR) is 137 cm³/mol. The van der Waals surface area contributed by atoms with E-state index in [2.05, 4.69) is 17.0 Å². The maximum absolute atomic E-state index is 13.3. The van der Waals surface area contributed by atoms with Gasteiger partial charge in [-0.1, -0.05) is 24.3 Å². The lowest BCUT2D eigenvalue weighted by molar-refractivity contribution is 0.0949. The van der Waals surface area contributed by atoms with Gasteiger partial charge in [0.25, 0.3) is 0 Å². The maximum Gasteiger partial charge on any atom is 0.232 e. The number of anilines is 1. The molecule has 0 saturated carbocycles. The van der Waals surface area contributed by atoms with Gasteiger partial charge in [-0.15, -0.1) is 0 Å². The SMILES string of the molecule is COc1ccc(CCN2COc3cc(C)c4c(c3C2)O/C(=C/c2ccc(N(C)C)cc2)C4=O)cc1. The second-order valence-electron chi connectivity index (χ2n) is 9.22. The largest absolute Gasteiger partial charge is 0.497 e. The Bertz CT molecular complexity index is 1280. The number of fused-ring (bicyclic) bond motifs is 3. The third-order valence-corrected chi connectivity index (χ3v) is 6.57. The monoisotopic (exact) mass is 470 g/mol. The zero-order valence-corrected chi connectivity index (χ0v) is 20.6. The summed E-state index contributed by atoms with van der Waals surface area (Å²) in [5.74, 6) is 2.56. The van der Waals surface area contributed by atoms with Gasteiger partial charge in [0, 0.05) is 32.9 Å². The molecule has 3 aromatic carbocycles. The Labute approximate surface area is 206 Å². The molecule has 0 aromatic heterocycles. The van der Waals surface area contributed by atoms with Crippen LogP contribution in [0.25, 0.3) is 6.08 Å². The van der Waals surface area contributed by atoms with Crippen molar-refractivity contribution in [3.05, 3.63) is 88.2 Å². The van der Waals surface area contributed by atoms with Crippen molar-refractivity contribution in [3.8, 4) is 17.2 Å². The summed E-state index contributed by atoms with van der Waals surface area (Å²) in [7, 11) is 5.68. The van der Waals surface area contributed by atoms with E-state index in [9.17, 15) is 4.79 Å². The fourth-order valence-electron chi connectivity index (χ4n) is 4.52. The Morgan fingerprint density at radius 2 is 1.83 bits per heavy atom. The van der Waals surface area contributed by atoms with Crippen LogP contribution >= 0.6 is 0 Å². The Morgan fingerprint density at radius 1 is 1.09 bits per heavy atom. The standard InChI is InChI=1S/C29H30N2O4/c1-19-15-25-24(17-31(18-34-25)14-13-20-7-11-23(33-4)12-8-20)29-27(19)28(32)26(35-29)16-21-5-9-22(10-6-21)30(2)3/h5-12,15-16H,13-14,17-18H2,1-4H3/b26-16+. The van der Waals surface area contributed by atoms with Crippen molar-refractivity contribution in [3.63, 3.8) is 0 Å². The van der Waals surface area contributed by atoms with Crippen molar-refractivity contribution < 1.29 is 19.0 Å². The molecule has 6 nitrogen and oxygen atoms in total. The molecule has 2 heterocycles. The van der Waals surface area contributed by atoms with Crippen molar-refractivity contribution in [1.82, 2.24) is 4.90 Å². The van der Waals surface area contributed by atoms with Gasteiger partial charge in [-0.2, -0.15) is 0 Å². The highest BCUT2D eigenvalue weighted by Gasteiger charge is 2.35. The molecule has 0 unspecified atom stereocenters. The van der Waals surface area contributed by atoms with E-state index in [1.54, 1.807) is 7.11 Å². The number of hydrogen-bond acceptors (Lipinski definition) is 6. The van der Waals surface area contributed by atoms with Crippen LogP contribution in [-0.2, 0) is 13.0 Å². The number of aryl methyl sites for hydroxylation is 1. The number of ketones is 1. The molecule has 2 aliphatic rings. The van der Waals surface area contributed by atoms with Gasteiger partial charge >= 0.3 is 0 Å². The Kier molecular flexibility index (Phi) is 6.22. The molecule has 0 radical (unpaired) electrons. The fraction of sp³-hybridized carbons (Fsp3) is 0.276. The molecule has 0 fully saturated rings. The van der Waals surface area contributed by atoms with Crippen LogP contribution in [0.5, 0.6) is 17.2 Å². The van der Waals surface area contributed by atoms with Crippen molar-refractivity contribution in [2.24, 2.45) is 0 Å². The normalized spacial score (nSPS) is 15.9. The summed E-state index contributed by atoms with van der Waals surface area (Å²) in [4.78, 5) is 17.5. The second-order valence-corrected chi connectivity index (χ2v) is 9.22. The summed E-state index contributed by atoms with van der Waals surface area (Å²) in [6.45, 7) is 3.96. The van der Waals surface area contributed by atoms with Crippen molar-refractivity contribution in [1.29, 1.82) is 0 Å². The topological polar surface area (TPSA) is 51.2 Å². The van der Waals surface area contributed by atoms with E-state index in [0.717, 1.165) is 46.8 Å². The summed E-state index contributed by atoms with van der Waals surface area (Å²) < 4.78 is 17.5. The van der Waals surface area contributed by atoms with Gasteiger partial charge in [-0.3, -0.25) is 9.69 Å². The number of carbonyl (C=O) groups excluding carboxylic acids is 1. The predicted octanol–water partition coefficient (Wildman–Crippen LogP) is 5.08. The number of nitrogens with zero attached hydrogens (tertiary/aromatic N) is 2. The number of methoxy groups -OCH3 is 1. The third kappa shape index (κ3) is 4.62. The van der Waals surface area contributed by atoms with Crippen LogP contribution in [-0.4, -0.2) is 45.2 Å². The summed E-state index contributed by atoms with van der Waals surface area (Å²) in [5.41, 5.74) is 5.72. The van der Waals surface area contributed by atoms with E-state index in [0.29, 0.717) is 30.3 Å². The lowest BCUT2D eigenvalue weighted by Crippen LogP contribution is -2.33. The van der Waals surface area contributed by atoms with E-state index in [4.69, 9.17) is 14.2 Å². The van der Waals surface area contributed by atoms with Crippen LogP contribution in [0.1, 0.15) is 32.6 Å². The zero-order chi connectivity index (χ0) is 24.5. The number of carbonyl (C=O) groups is 1. The van der Waals surface area contributed by atoms with Crippen LogP contribution in [0.3, 0.4) is 0 Å². The van der Waals surface area contributed by atoms with Crippen LogP contribution in [0.2, 0.25) is 0 Å². The third-order valence-electron chi connectivity index (χ3n) is 6.57. The molecule has 180 valence electrons. The highest BCUT2D eigenvalue weighted by Crippen LogP contribution is 2.44. The van der Waals surface area contributed by atoms with E-state index in [1.165, 1.54) is 5.56 Å². The van der Waals surface area contributed by atoms with Gasteiger partial charge in [-0.05, 0) is 66.4 Å². The summed E-state index contributed by atoms with van der Waals surface area (Å²) in [6, 6.07) is 18.1. The minimum absolute atomic E-state index is 0.0765. The van der Waals surface area contributed by atoms with Gasteiger partial charge in [0.05, 0.1) is 18.2 Å². The number of hydrogen-bond donors (Lipinski definition) is 0. The highest BCUT2D eigenvalue weighted by atomic mass is 16.5.